The Balaban J connectivity index is 1.75. The van der Waals surface area contributed by atoms with Gasteiger partial charge in [-0.15, -0.1) is 0 Å². The average molecular weight is 329 g/mol. The lowest BCUT2D eigenvalue weighted by molar-refractivity contribution is -0.123. The Labute approximate surface area is 146 Å². The molecule has 0 radical (unpaired) electrons. The smallest absolute Gasteiger partial charge is 0.230 e. The molecule has 1 saturated carbocycles. The van der Waals surface area contributed by atoms with Crippen molar-refractivity contribution < 1.29 is 4.79 Å². The van der Waals surface area contributed by atoms with Gasteiger partial charge in [-0.05, 0) is 56.2 Å². The van der Waals surface area contributed by atoms with Gasteiger partial charge in [-0.2, -0.15) is 0 Å². The van der Waals surface area contributed by atoms with Gasteiger partial charge < -0.3 is 10.6 Å². The molecule has 24 heavy (non-hydrogen) atoms. The highest BCUT2D eigenvalue weighted by Crippen LogP contribution is 2.36. The van der Waals surface area contributed by atoms with Gasteiger partial charge in [0.15, 0.2) is 0 Å². The van der Waals surface area contributed by atoms with Crippen LogP contribution in [0.1, 0.15) is 69.9 Å². The van der Waals surface area contributed by atoms with Crippen LogP contribution in [0.15, 0.2) is 18.2 Å². The highest BCUT2D eigenvalue weighted by Gasteiger charge is 2.35. The van der Waals surface area contributed by atoms with E-state index in [-0.39, 0.29) is 18.0 Å². The number of anilines is 1. The van der Waals surface area contributed by atoms with E-state index in [1.54, 1.807) is 0 Å². The van der Waals surface area contributed by atoms with Crippen LogP contribution in [0.4, 0.5) is 5.69 Å². The van der Waals surface area contributed by atoms with Gasteiger partial charge in [0.25, 0.3) is 0 Å². The molecule has 0 saturated heterocycles. The maximum atomic E-state index is 13.0. The van der Waals surface area contributed by atoms with E-state index in [2.05, 4.69) is 36.9 Å². The maximum absolute atomic E-state index is 13.0. The van der Waals surface area contributed by atoms with Crippen molar-refractivity contribution in [1.29, 1.82) is 0 Å². The molecule has 1 aliphatic heterocycles. The lowest BCUT2D eigenvalue weighted by atomic mass is 9.88. The summed E-state index contributed by atoms with van der Waals surface area (Å²) in [5, 5.41) is 0. The number of amides is 1. The Kier molecular flexibility index (Phi) is 5.60. The molecule has 1 aromatic rings. The highest BCUT2D eigenvalue weighted by molar-refractivity contribution is 5.97. The summed E-state index contributed by atoms with van der Waals surface area (Å²) >= 11 is 0. The van der Waals surface area contributed by atoms with Gasteiger partial charge in [0.1, 0.15) is 0 Å². The van der Waals surface area contributed by atoms with Gasteiger partial charge in [-0.1, -0.05) is 44.7 Å². The molecule has 1 aromatic carbocycles. The third-order valence-electron chi connectivity index (χ3n) is 5.71. The van der Waals surface area contributed by atoms with Crippen LogP contribution in [0, 0.1) is 5.92 Å². The topological polar surface area (TPSA) is 46.3 Å². The lowest BCUT2D eigenvalue weighted by Crippen LogP contribution is -2.40. The second-order valence-electron chi connectivity index (χ2n) is 7.81. The van der Waals surface area contributed by atoms with Gasteiger partial charge in [0.05, 0.1) is 0 Å². The summed E-state index contributed by atoms with van der Waals surface area (Å²) in [6, 6.07) is 7.15. The number of hydrogen-bond donors (Lipinski definition) is 1. The summed E-state index contributed by atoms with van der Waals surface area (Å²) in [4.78, 5) is 15.1. The average Bonchev–Trinajstić information content (AvgIpc) is 2.90. The quantitative estimate of drug-likeness (QED) is 0.880. The van der Waals surface area contributed by atoms with E-state index in [0.29, 0.717) is 5.91 Å². The summed E-state index contributed by atoms with van der Waals surface area (Å²) in [5.41, 5.74) is 9.98. The van der Waals surface area contributed by atoms with E-state index in [9.17, 15) is 4.79 Å². The van der Waals surface area contributed by atoms with Crippen LogP contribution in [-0.2, 0) is 17.6 Å². The molecule has 132 valence electrons. The fraction of sp³-hybridized carbons (Fsp3) is 0.667. The Hall–Kier alpha value is -1.35. The first-order valence-corrected chi connectivity index (χ1v) is 9.80. The first kappa shape index (κ1) is 17.5. The third kappa shape index (κ3) is 3.66. The molecule has 1 aliphatic carbocycles. The van der Waals surface area contributed by atoms with Crippen LogP contribution in [0.3, 0.4) is 0 Å². The zero-order valence-electron chi connectivity index (χ0n) is 15.3. The van der Waals surface area contributed by atoms with Crippen molar-refractivity contribution in [3.63, 3.8) is 0 Å². The third-order valence-corrected chi connectivity index (χ3v) is 5.71. The number of carbonyl (C=O) groups is 1. The number of fused-ring (bicyclic) bond motifs is 1. The van der Waals surface area contributed by atoms with Crippen molar-refractivity contribution in [2.24, 2.45) is 11.7 Å². The summed E-state index contributed by atoms with van der Waals surface area (Å²) in [5.74, 6) is 0.598. The number of carbonyl (C=O) groups excluding carboxylic acids is 1. The Bertz CT molecular complexity index is 577. The Morgan fingerprint density at radius 1 is 1.29 bits per heavy atom. The van der Waals surface area contributed by atoms with Crippen molar-refractivity contribution >= 4 is 11.6 Å². The zero-order chi connectivity index (χ0) is 17.1. The van der Waals surface area contributed by atoms with Gasteiger partial charge in [-0.25, -0.2) is 0 Å². The molecule has 2 atom stereocenters. The number of rotatable bonds is 5. The van der Waals surface area contributed by atoms with E-state index in [1.807, 2.05) is 0 Å². The minimum absolute atomic E-state index is 0.241. The van der Waals surface area contributed by atoms with Crippen molar-refractivity contribution in [1.82, 2.24) is 0 Å². The molecule has 0 aromatic heterocycles. The molecule has 1 amide bonds. The summed E-state index contributed by atoms with van der Waals surface area (Å²) in [6.45, 7) is 4.36. The van der Waals surface area contributed by atoms with Crippen molar-refractivity contribution in [2.45, 2.75) is 83.7 Å². The number of hydrogen-bond acceptors (Lipinski definition) is 2. The van der Waals surface area contributed by atoms with Gasteiger partial charge in [0.2, 0.25) is 5.91 Å². The number of nitrogens with two attached hydrogens (primary N) is 1. The van der Waals surface area contributed by atoms with E-state index < -0.39 is 0 Å². The van der Waals surface area contributed by atoms with Crippen LogP contribution in [0.25, 0.3) is 0 Å². The molecule has 2 aliphatic rings. The second kappa shape index (κ2) is 7.69. The van der Waals surface area contributed by atoms with Crippen molar-refractivity contribution in [3.8, 4) is 0 Å². The van der Waals surface area contributed by atoms with Crippen LogP contribution in [0.2, 0.25) is 0 Å². The predicted octanol–water partition coefficient (Wildman–Crippen LogP) is 4.21. The minimum atomic E-state index is 0.241. The predicted molar refractivity (Wildman–Crippen MR) is 100 cm³/mol. The van der Waals surface area contributed by atoms with E-state index >= 15 is 0 Å². The molecule has 3 nitrogen and oxygen atoms in total. The maximum Gasteiger partial charge on any atom is 0.230 e. The van der Waals surface area contributed by atoms with Crippen LogP contribution < -0.4 is 10.6 Å². The molecule has 3 heteroatoms. The number of nitrogens with zero attached hydrogens (tertiary/aromatic N) is 1. The normalized spacial score (nSPS) is 22.5. The van der Waals surface area contributed by atoms with E-state index in [0.717, 1.165) is 44.2 Å². The van der Waals surface area contributed by atoms with Crippen LogP contribution in [0.5, 0.6) is 0 Å². The largest absolute Gasteiger partial charge is 0.327 e. The number of benzene rings is 1. The standard InChI is InChI=1S/C21H32N2O/c1-3-7-19(22)14-16-10-11-20-18(13-16)12-15(2)23(20)21(24)17-8-5-4-6-9-17/h10-11,13,15,17,19H,3-9,12,14,22H2,1-2H3. The van der Waals surface area contributed by atoms with Crippen molar-refractivity contribution in [2.75, 3.05) is 4.90 Å². The molecule has 1 heterocycles. The van der Waals surface area contributed by atoms with Crippen LogP contribution in [-0.4, -0.2) is 18.0 Å². The van der Waals surface area contributed by atoms with Gasteiger partial charge in [-0.3, -0.25) is 4.79 Å². The minimum Gasteiger partial charge on any atom is -0.327 e. The summed E-state index contributed by atoms with van der Waals surface area (Å²) in [7, 11) is 0. The lowest BCUT2D eigenvalue weighted by Gasteiger charge is -2.29. The van der Waals surface area contributed by atoms with Crippen molar-refractivity contribution in [3.05, 3.63) is 29.3 Å². The molecular weight excluding hydrogens is 296 g/mol. The summed E-state index contributed by atoms with van der Waals surface area (Å²) in [6.07, 6.45) is 9.96. The van der Waals surface area contributed by atoms with Gasteiger partial charge >= 0.3 is 0 Å². The molecule has 0 spiro atoms. The SMILES string of the molecule is CCCC(N)Cc1ccc2c(c1)CC(C)N2C(=O)C1CCCCC1. The monoisotopic (exact) mass is 328 g/mol. The highest BCUT2D eigenvalue weighted by atomic mass is 16.2. The molecule has 3 rings (SSSR count). The van der Waals surface area contributed by atoms with E-state index in [1.165, 1.54) is 30.4 Å². The molecule has 0 bridgehead atoms. The molecule has 2 unspecified atom stereocenters. The first-order valence-electron chi connectivity index (χ1n) is 9.80. The van der Waals surface area contributed by atoms with E-state index in [4.69, 9.17) is 5.73 Å². The Morgan fingerprint density at radius 2 is 2.04 bits per heavy atom. The Morgan fingerprint density at radius 3 is 2.75 bits per heavy atom. The first-order chi connectivity index (χ1) is 11.6. The molecule has 1 fully saturated rings. The fourth-order valence-electron chi connectivity index (χ4n) is 4.47. The van der Waals surface area contributed by atoms with Crippen LogP contribution >= 0.6 is 0 Å². The molecule has 2 N–H and O–H groups in total. The summed E-state index contributed by atoms with van der Waals surface area (Å²) < 4.78 is 0. The molecular formula is C21H32N2O. The zero-order valence-corrected chi connectivity index (χ0v) is 15.3. The fourth-order valence-corrected chi connectivity index (χ4v) is 4.47. The second-order valence-corrected chi connectivity index (χ2v) is 7.81. The van der Waals surface area contributed by atoms with Gasteiger partial charge in [0, 0.05) is 23.7 Å².